The quantitative estimate of drug-likeness (QED) is 0.770. The van der Waals surface area contributed by atoms with Crippen molar-refractivity contribution in [2.75, 3.05) is 6.54 Å². The highest BCUT2D eigenvalue weighted by Crippen LogP contribution is 2.31. The fourth-order valence-electron chi connectivity index (χ4n) is 4.47. The Morgan fingerprint density at radius 1 is 1.00 bits per heavy atom. The molecular weight excluding hydrogens is 408 g/mol. The van der Waals surface area contributed by atoms with E-state index in [4.69, 9.17) is 4.74 Å². The van der Waals surface area contributed by atoms with Crippen LogP contribution < -0.4 is 5.32 Å². The minimum absolute atomic E-state index is 0.239. The molecule has 0 radical (unpaired) electrons. The van der Waals surface area contributed by atoms with E-state index < -0.39 is 29.1 Å². The Kier molecular flexibility index (Phi) is 5.44. The first-order chi connectivity index (χ1) is 15.1. The van der Waals surface area contributed by atoms with E-state index in [1.54, 1.807) is 17.0 Å². The molecule has 2 N–H and O–H groups in total. The van der Waals surface area contributed by atoms with Gasteiger partial charge in [-0.25, -0.2) is 9.59 Å². The number of carboxylic acids is 1. The number of rotatable bonds is 3. The molecule has 0 saturated carbocycles. The lowest BCUT2D eigenvalue weighted by molar-refractivity contribution is -0.144. The van der Waals surface area contributed by atoms with Gasteiger partial charge in [0.15, 0.2) is 0 Å². The summed E-state index contributed by atoms with van der Waals surface area (Å²) in [4.78, 5) is 39.7. The number of nitrogens with zero attached hydrogens (tertiary/aromatic N) is 1. The average molecular weight is 437 g/mol. The molecule has 2 aromatic rings. The van der Waals surface area contributed by atoms with Gasteiger partial charge in [-0.1, -0.05) is 36.4 Å². The zero-order valence-electron chi connectivity index (χ0n) is 18.6. The second kappa shape index (κ2) is 7.97. The van der Waals surface area contributed by atoms with Crippen LogP contribution in [0.1, 0.15) is 53.4 Å². The SMILES string of the molecule is CC(C)(C)OC(=O)N1CCc2cccc(C(=O)NC3(C(=O)O)Cc4ccccc4C3)c2C1. The standard InChI is InChI=1S/C25H28N2O5/c1-24(2,3)32-23(31)27-12-11-16-9-6-10-19(20(16)15-27)21(28)26-25(22(29)30)13-17-7-4-5-8-18(17)14-25/h4-10H,11-15H2,1-3H3,(H,26,28)(H,29,30). The summed E-state index contributed by atoms with van der Waals surface area (Å²) in [5.41, 5.74) is 1.98. The van der Waals surface area contributed by atoms with E-state index in [0.29, 0.717) is 18.5 Å². The summed E-state index contributed by atoms with van der Waals surface area (Å²) >= 11 is 0. The second-order valence-electron chi connectivity index (χ2n) is 9.56. The molecule has 2 aromatic carbocycles. The van der Waals surface area contributed by atoms with Crippen molar-refractivity contribution in [2.24, 2.45) is 0 Å². The summed E-state index contributed by atoms with van der Waals surface area (Å²) in [7, 11) is 0. The molecule has 7 nitrogen and oxygen atoms in total. The predicted octanol–water partition coefficient (Wildman–Crippen LogP) is 3.33. The van der Waals surface area contributed by atoms with E-state index >= 15 is 0 Å². The third-order valence-electron chi connectivity index (χ3n) is 6.03. The first-order valence-corrected chi connectivity index (χ1v) is 10.8. The van der Waals surface area contributed by atoms with Crippen LogP contribution in [0.25, 0.3) is 0 Å². The van der Waals surface area contributed by atoms with Crippen LogP contribution in [-0.2, 0) is 35.3 Å². The molecule has 1 aliphatic heterocycles. The van der Waals surface area contributed by atoms with Gasteiger partial charge in [-0.2, -0.15) is 0 Å². The summed E-state index contributed by atoms with van der Waals surface area (Å²) in [6.45, 7) is 6.18. The van der Waals surface area contributed by atoms with Gasteiger partial charge in [0.2, 0.25) is 0 Å². The van der Waals surface area contributed by atoms with Crippen molar-refractivity contribution in [1.82, 2.24) is 10.2 Å². The van der Waals surface area contributed by atoms with Gasteiger partial charge in [-0.3, -0.25) is 4.79 Å². The highest BCUT2D eigenvalue weighted by Gasteiger charge is 2.45. The molecule has 0 aromatic heterocycles. The van der Waals surface area contributed by atoms with Crippen LogP contribution in [0.4, 0.5) is 4.79 Å². The second-order valence-corrected chi connectivity index (χ2v) is 9.56. The van der Waals surface area contributed by atoms with E-state index in [9.17, 15) is 19.5 Å². The predicted molar refractivity (Wildman–Crippen MR) is 118 cm³/mol. The summed E-state index contributed by atoms with van der Waals surface area (Å²) in [6, 6.07) is 13.0. The number of fused-ring (bicyclic) bond motifs is 2. The minimum Gasteiger partial charge on any atom is -0.479 e. The fraction of sp³-hybridized carbons (Fsp3) is 0.400. The molecule has 168 valence electrons. The number of ether oxygens (including phenoxy) is 1. The van der Waals surface area contributed by atoms with Gasteiger partial charge in [0.1, 0.15) is 11.1 Å². The normalized spacial score (nSPS) is 16.7. The number of hydrogen-bond donors (Lipinski definition) is 2. The molecule has 0 unspecified atom stereocenters. The van der Waals surface area contributed by atoms with Gasteiger partial charge in [0, 0.05) is 24.9 Å². The smallest absolute Gasteiger partial charge is 0.410 e. The number of nitrogens with one attached hydrogen (secondary N) is 1. The Balaban J connectivity index is 1.58. The van der Waals surface area contributed by atoms with Crippen molar-refractivity contribution in [3.05, 3.63) is 70.3 Å². The molecule has 0 saturated heterocycles. The van der Waals surface area contributed by atoms with Crippen molar-refractivity contribution < 1.29 is 24.2 Å². The largest absolute Gasteiger partial charge is 0.479 e. The lowest BCUT2D eigenvalue weighted by Gasteiger charge is -2.32. The van der Waals surface area contributed by atoms with E-state index in [-0.39, 0.29) is 19.4 Å². The molecule has 4 rings (SSSR count). The van der Waals surface area contributed by atoms with Crippen molar-refractivity contribution in [3.8, 4) is 0 Å². The highest BCUT2D eigenvalue weighted by atomic mass is 16.6. The third-order valence-corrected chi connectivity index (χ3v) is 6.03. The molecule has 2 amide bonds. The number of carbonyl (C=O) groups excluding carboxylic acids is 2. The molecule has 7 heteroatoms. The van der Waals surface area contributed by atoms with Crippen LogP contribution >= 0.6 is 0 Å². The molecule has 0 atom stereocenters. The number of carbonyl (C=O) groups is 3. The monoisotopic (exact) mass is 436 g/mol. The number of benzene rings is 2. The van der Waals surface area contributed by atoms with Gasteiger partial charge in [0.05, 0.1) is 6.54 Å². The van der Waals surface area contributed by atoms with Crippen LogP contribution in [-0.4, -0.2) is 45.7 Å². The van der Waals surface area contributed by atoms with Gasteiger partial charge < -0.3 is 20.1 Å². The number of carboxylic acid groups (broad SMARTS) is 1. The average Bonchev–Trinajstić information content (AvgIpc) is 3.11. The lowest BCUT2D eigenvalue weighted by Crippen LogP contribution is -2.55. The maximum atomic E-state index is 13.3. The Hall–Kier alpha value is -3.35. The van der Waals surface area contributed by atoms with E-state index in [2.05, 4.69) is 5.32 Å². The number of amides is 2. The van der Waals surface area contributed by atoms with Crippen LogP contribution in [0.2, 0.25) is 0 Å². The van der Waals surface area contributed by atoms with Crippen molar-refractivity contribution in [1.29, 1.82) is 0 Å². The maximum absolute atomic E-state index is 13.3. The molecule has 32 heavy (non-hydrogen) atoms. The molecule has 0 fully saturated rings. The third kappa shape index (κ3) is 4.20. The molecule has 2 aliphatic rings. The van der Waals surface area contributed by atoms with Crippen molar-refractivity contribution in [3.63, 3.8) is 0 Å². The Bertz CT molecular complexity index is 1060. The number of aliphatic carboxylic acids is 1. The van der Waals surface area contributed by atoms with Crippen molar-refractivity contribution in [2.45, 2.75) is 57.7 Å². The zero-order chi connectivity index (χ0) is 23.1. The summed E-state index contributed by atoms with van der Waals surface area (Å²) in [5.74, 6) is -1.50. The van der Waals surface area contributed by atoms with E-state index in [1.807, 2.05) is 51.1 Å². The van der Waals surface area contributed by atoms with Crippen LogP contribution in [0.5, 0.6) is 0 Å². The Morgan fingerprint density at radius 3 is 2.22 bits per heavy atom. The molecule has 0 bridgehead atoms. The molecular formula is C25H28N2O5. The van der Waals surface area contributed by atoms with Gasteiger partial charge >= 0.3 is 12.1 Å². The fourth-order valence-corrected chi connectivity index (χ4v) is 4.47. The Morgan fingerprint density at radius 2 is 1.62 bits per heavy atom. The zero-order valence-corrected chi connectivity index (χ0v) is 18.6. The molecule has 0 spiro atoms. The minimum atomic E-state index is -1.39. The molecule has 1 aliphatic carbocycles. The van der Waals surface area contributed by atoms with Crippen LogP contribution in [0.3, 0.4) is 0 Å². The lowest BCUT2D eigenvalue weighted by atomic mass is 9.92. The van der Waals surface area contributed by atoms with Gasteiger partial charge in [-0.15, -0.1) is 0 Å². The first kappa shape index (κ1) is 21.9. The van der Waals surface area contributed by atoms with Crippen LogP contribution in [0, 0.1) is 0 Å². The Labute approximate surface area is 187 Å². The number of hydrogen-bond acceptors (Lipinski definition) is 4. The first-order valence-electron chi connectivity index (χ1n) is 10.8. The maximum Gasteiger partial charge on any atom is 0.410 e. The van der Waals surface area contributed by atoms with Gasteiger partial charge in [0.25, 0.3) is 5.91 Å². The summed E-state index contributed by atoms with van der Waals surface area (Å²) < 4.78 is 5.49. The summed E-state index contributed by atoms with van der Waals surface area (Å²) in [5, 5.41) is 12.8. The topological polar surface area (TPSA) is 95.9 Å². The van der Waals surface area contributed by atoms with Crippen molar-refractivity contribution >= 4 is 18.0 Å². The summed E-state index contributed by atoms with van der Waals surface area (Å²) in [6.07, 6.45) is 0.657. The van der Waals surface area contributed by atoms with E-state index in [1.165, 1.54) is 0 Å². The molecule has 1 heterocycles. The van der Waals surface area contributed by atoms with Gasteiger partial charge in [-0.05, 0) is 55.5 Å². The van der Waals surface area contributed by atoms with E-state index in [0.717, 1.165) is 22.3 Å². The highest BCUT2D eigenvalue weighted by molar-refractivity contribution is 6.00. The van der Waals surface area contributed by atoms with Crippen LogP contribution in [0.15, 0.2) is 42.5 Å².